The van der Waals surface area contributed by atoms with Gasteiger partial charge in [0.05, 0.1) is 12.7 Å². The summed E-state index contributed by atoms with van der Waals surface area (Å²) in [4.78, 5) is 0. The Kier molecular flexibility index (Phi) is 11.7. The molecule has 116 valence electrons. The minimum Gasteiger partial charge on any atom is -0.394 e. The Morgan fingerprint density at radius 1 is 0.842 bits per heavy atom. The molecule has 0 aliphatic heterocycles. The summed E-state index contributed by atoms with van der Waals surface area (Å²) in [6.45, 7) is 6.67. The Balaban J connectivity index is 4.11. The molecule has 0 spiro atoms. The molecule has 0 fully saturated rings. The van der Waals surface area contributed by atoms with Crippen molar-refractivity contribution >= 4 is 0 Å². The highest BCUT2D eigenvalue weighted by Crippen LogP contribution is 2.36. The van der Waals surface area contributed by atoms with Crippen molar-refractivity contribution in [2.24, 2.45) is 5.41 Å². The molecule has 0 aliphatic rings. The largest absolute Gasteiger partial charge is 0.394 e. The van der Waals surface area contributed by atoms with Crippen molar-refractivity contribution in [3.05, 3.63) is 0 Å². The third-order valence-corrected chi connectivity index (χ3v) is 4.21. The average molecular weight is 272 g/mol. The van der Waals surface area contributed by atoms with Crippen LogP contribution in [0.3, 0.4) is 0 Å². The third-order valence-electron chi connectivity index (χ3n) is 4.21. The first-order chi connectivity index (χ1) is 9.08. The molecule has 2 heteroatoms. The number of aliphatic hydroxyl groups excluding tert-OH is 2. The minimum absolute atomic E-state index is 0.0977. The van der Waals surface area contributed by atoms with Crippen molar-refractivity contribution in [3.8, 4) is 0 Å². The summed E-state index contributed by atoms with van der Waals surface area (Å²) < 4.78 is 0. The van der Waals surface area contributed by atoms with Gasteiger partial charge in [-0.2, -0.15) is 0 Å². The molecule has 0 aromatic carbocycles. The standard InChI is InChI=1S/C17H36O2/c1-4-6-8-10-12-17(3,14-16(19)15-18)13-11-9-7-5-2/h16,18-19H,4-15H2,1-3H3/t16-/m1/s1. The van der Waals surface area contributed by atoms with E-state index in [1.165, 1.54) is 64.2 Å². The molecule has 0 unspecified atom stereocenters. The number of aliphatic hydroxyl groups is 2. The van der Waals surface area contributed by atoms with Crippen molar-refractivity contribution in [3.63, 3.8) is 0 Å². The Labute approximate surface area is 120 Å². The summed E-state index contributed by atoms with van der Waals surface area (Å²) in [6.07, 6.45) is 12.9. The monoisotopic (exact) mass is 272 g/mol. The summed E-state index contributed by atoms with van der Waals surface area (Å²) in [7, 11) is 0. The molecule has 0 aliphatic carbocycles. The molecule has 2 N–H and O–H groups in total. The van der Waals surface area contributed by atoms with Crippen molar-refractivity contribution in [1.29, 1.82) is 0 Å². The lowest BCUT2D eigenvalue weighted by Crippen LogP contribution is -2.26. The van der Waals surface area contributed by atoms with Gasteiger partial charge in [0.25, 0.3) is 0 Å². The van der Waals surface area contributed by atoms with Crippen LogP contribution >= 0.6 is 0 Å². The van der Waals surface area contributed by atoms with Gasteiger partial charge in [-0.3, -0.25) is 0 Å². The first kappa shape index (κ1) is 18.9. The van der Waals surface area contributed by atoms with Crippen LogP contribution in [-0.4, -0.2) is 22.9 Å². The fourth-order valence-corrected chi connectivity index (χ4v) is 2.92. The summed E-state index contributed by atoms with van der Waals surface area (Å²) in [5, 5.41) is 18.8. The molecule has 0 aromatic rings. The molecule has 0 bridgehead atoms. The lowest BCUT2D eigenvalue weighted by atomic mass is 9.75. The van der Waals surface area contributed by atoms with Crippen LogP contribution in [-0.2, 0) is 0 Å². The molecule has 0 radical (unpaired) electrons. The quantitative estimate of drug-likeness (QED) is 0.478. The molecule has 0 amide bonds. The highest BCUT2D eigenvalue weighted by Gasteiger charge is 2.26. The average Bonchev–Trinajstić information content (AvgIpc) is 2.40. The Bertz CT molecular complexity index is 180. The first-order valence-electron chi connectivity index (χ1n) is 8.37. The number of hydrogen-bond donors (Lipinski definition) is 2. The van der Waals surface area contributed by atoms with Crippen molar-refractivity contribution in [2.45, 2.75) is 97.5 Å². The summed E-state index contributed by atoms with van der Waals surface area (Å²) in [5.74, 6) is 0. The van der Waals surface area contributed by atoms with Gasteiger partial charge in [0, 0.05) is 0 Å². The lowest BCUT2D eigenvalue weighted by Gasteiger charge is -2.31. The molecule has 19 heavy (non-hydrogen) atoms. The van der Waals surface area contributed by atoms with Gasteiger partial charge < -0.3 is 10.2 Å². The zero-order valence-corrected chi connectivity index (χ0v) is 13.5. The van der Waals surface area contributed by atoms with Crippen LogP contribution in [0.5, 0.6) is 0 Å². The van der Waals surface area contributed by atoms with E-state index >= 15 is 0 Å². The van der Waals surface area contributed by atoms with E-state index in [2.05, 4.69) is 20.8 Å². The van der Waals surface area contributed by atoms with E-state index in [9.17, 15) is 5.11 Å². The van der Waals surface area contributed by atoms with E-state index < -0.39 is 6.10 Å². The molecule has 0 heterocycles. The minimum atomic E-state index is -0.539. The molecule has 0 saturated carbocycles. The predicted octanol–water partition coefficient (Wildman–Crippen LogP) is 4.68. The zero-order chi connectivity index (χ0) is 14.6. The third kappa shape index (κ3) is 10.4. The van der Waals surface area contributed by atoms with Gasteiger partial charge in [0.1, 0.15) is 0 Å². The van der Waals surface area contributed by atoms with E-state index in [1.54, 1.807) is 0 Å². The molecule has 0 aromatic heterocycles. The van der Waals surface area contributed by atoms with Crippen LogP contribution in [0.2, 0.25) is 0 Å². The Morgan fingerprint density at radius 2 is 1.32 bits per heavy atom. The van der Waals surface area contributed by atoms with Crippen LogP contribution in [0.1, 0.15) is 91.4 Å². The van der Waals surface area contributed by atoms with E-state index in [-0.39, 0.29) is 12.0 Å². The van der Waals surface area contributed by atoms with Gasteiger partial charge in [-0.1, -0.05) is 72.1 Å². The maximum absolute atomic E-state index is 9.75. The number of hydrogen-bond acceptors (Lipinski definition) is 2. The predicted molar refractivity (Wildman–Crippen MR) is 83.3 cm³/mol. The maximum Gasteiger partial charge on any atom is 0.0776 e. The van der Waals surface area contributed by atoms with Crippen molar-refractivity contribution in [1.82, 2.24) is 0 Å². The normalized spacial score (nSPS) is 13.7. The second-order valence-corrected chi connectivity index (χ2v) is 6.47. The van der Waals surface area contributed by atoms with Gasteiger partial charge in [-0.15, -0.1) is 0 Å². The number of unbranched alkanes of at least 4 members (excludes halogenated alkanes) is 6. The second kappa shape index (κ2) is 11.7. The lowest BCUT2D eigenvalue weighted by molar-refractivity contribution is 0.0440. The van der Waals surface area contributed by atoms with E-state index in [4.69, 9.17) is 5.11 Å². The second-order valence-electron chi connectivity index (χ2n) is 6.47. The van der Waals surface area contributed by atoms with Crippen molar-refractivity contribution < 1.29 is 10.2 Å². The molecule has 1 atom stereocenters. The summed E-state index contributed by atoms with van der Waals surface area (Å²) >= 11 is 0. The topological polar surface area (TPSA) is 40.5 Å². The smallest absolute Gasteiger partial charge is 0.0776 e. The number of rotatable bonds is 13. The zero-order valence-electron chi connectivity index (χ0n) is 13.5. The molecule has 0 saturated heterocycles. The van der Waals surface area contributed by atoms with Crippen molar-refractivity contribution in [2.75, 3.05) is 6.61 Å². The van der Waals surface area contributed by atoms with Gasteiger partial charge >= 0.3 is 0 Å². The van der Waals surface area contributed by atoms with Gasteiger partial charge in [-0.05, 0) is 24.7 Å². The van der Waals surface area contributed by atoms with E-state index in [1.807, 2.05) is 0 Å². The highest BCUT2D eigenvalue weighted by atomic mass is 16.3. The van der Waals surface area contributed by atoms with E-state index in [0.717, 1.165) is 6.42 Å². The van der Waals surface area contributed by atoms with E-state index in [0.29, 0.717) is 0 Å². The Hall–Kier alpha value is -0.0800. The highest BCUT2D eigenvalue weighted by molar-refractivity contribution is 4.78. The molecular formula is C17H36O2. The van der Waals surface area contributed by atoms with Gasteiger partial charge in [0.2, 0.25) is 0 Å². The summed E-state index contributed by atoms with van der Waals surface area (Å²) in [5.41, 5.74) is 0.212. The fraction of sp³-hybridized carbons (Fsp3) is 1.00. The maximum atomic E-state index is 9.75. The summed E-state index contributed by atoms with van der Waals surface area (Å²) in [6, 6.07) is 0. The van der Waals surface area contributed by atoms with Crippen LogP contribution in [0.25, 0.3) is 0 Å². The molecule has 2 nitrogen and oxygen atoms in total. The molecule has 0 rings (SSSR count). The SMILES string of the molecule is CCCCCCC(C)(CCCCCC)C[C@@H](O)CO. The van der Waals surface area contributed by atoms with Crippen LogP contribution < -0.4 is 0 Å². The fourth-order valence-electron chi connectivity index (χ4n) is 2.92. The van der Waals surface area contributed by atoms with Crippen LogP contribution in [0.15, 0.2) is 0 Å². The Morgan fingerprint density at radius 3 is 1.68 bits per heavy atom. The molecular weight excluding hydrogens is 236 g/mol. The van der Waals surface area contributed by atoms with Crippen LogP contribution in [0, 0.1) is 5.41 Å². The van der Waals surface area contributed by atoms with Gasteiger partial charge in [-0.25, -0.2) is 0 Å². The van der Waals surface area contributed by atoms with Gasteiger partial charge in [0.15, 0.2) is 0 Å². The first-order valence-corrected chi connectivity index (χ1v) is 8.37. The van der Waals surface area contributed by atoms with Crippen LogP contribution in [0.4, 0.5) is 0 Å².